The van der Waals surface area contributed by atoms with Gasteiger partial charge in [0.2, 0.25) is 0 Å². The number of carbonyl (C=O) groups excluding carboxylic acids is 2. The second-order valence-corrected chi connectivity index (χ2v) is 7.58. The van der Waals surface area contributed by atoms with Gasteiger partial charge in [0.1, 0.15) is 5.75 Å². The number of urea groups is 1. The van der Waals surface area contributed by atoms with E-state index in [0.29, 0.717) is 23.6 Å². The van der Waals surface area contributed by atoms with Crippen LogP contribution in [0.2, 0.25) is 0 Å². The number of nitrogens with zero attached hydrogens (tertiary/aromatic N) is 1. The molecule has 1 aliphatic heterocycles. The summed E-state index contributed by atoms with van der Waals surface area (Å²) in [7, 11) is 1.58. The summed E-state index contributed by atoms with van der Waals surface area (Å²) in [5, 5.41) is 4.93. The van der Waals surface area contributed by atoms with Crippen LogP contribution in [0.25, 0.3) is 10.8 Å². The van der Waals surface area contributed by atoms with Crippen molar-refractivity contribution in [2.24, 2.45) is 0 Å². The van der Waals surface area contributed by atoms with Crippen molar-refractivity contribution in [1.29, 1.82) is 0 Å². The number of carbonyl (C=O) groups is 2. The number of hydrogen-bond donors (Lipinski definition) is 1. The predicted octanol–water partition coefficient (Wildman–Crippen LogP) is 4.95. The zero-order valence-corrected chi connectivity index (χ0v) is 18.4. The van der Waals surface area contributed by atoms with Crippen LogP contribution in [0, 0.1) is 0 Å². The molecule has 1 atom stereocenters. The van der Waals surface area contributed by atoms with E-state index in [2.05, 4.69) is 5.32 Å². The second kappa shape index (κ2) is 9.14. The summed E-state index contributed by atoms with van der Waals surface area (Å²) in [6.07, 6.45) is 0. The fourth-order valence-electron chi connectivity index (χ4n) is 4.18. The van der Waals surface area contributed by atoms with E-state index in [9.17, 15) is 9.59 Å². The standard InChI is InChI=1S/C26H26N2O4/c1-4-32-25(29)22-17(2)28(16-18-10-6-5-7-11-18)26(30)27-24(22)23-20-13-9-8-12-19(20)14-15-21(23)31-3/h5-15,24H,4,16H2,1-3H3,(H,27,30). The number of fused-ring (bicyclic) bond motifs is 1. The molecule has 0 aromatic heterocycles. The van der Waals surface area contributed by atoms with Crippen LogP contribution in [-0.2, 0) is 16.1 Å². The minimum absolute atomic E-state index is 0.238. The van der Waals surface area contributed by atoms with Gasteiger partial charge < -0.3 is 14.8 Å². The van der Waals surface area contributed by atoms with Gasteiger partial charge in [-0.1, -0.05) is 60.7 Å². The van der Waals surface area contributed by atoms with Crippen LogP contribution >= 0.6 is 0 Å². The van der Waals surface area contributed by atoms with Gasteiger partial charge in [0.05, 0.1) is 31.9 Å². The van der Waals surface area contributed by atoms with Crippen molar-refractivity contribution in [3.05, 3.63) is 89.1 Å². The first kappa shape index (κ1) is 21.4. The average molecular weight is 431 g/mol. The highest BCUT2D eigenvalue weighted by Crippen LogP contribution is 2.40. The maximum absolute atomic E-state index is 13.2. The minimum Gasteiger partial charge on any atom is -0.496 e. The average Bonchev–Trinajstić information content (AvgIpc) is 2.81. The fourth-order valence-corrected chi connectivity index (χ4v) is 4.18. The molecule has 0 bridgehead atoms. The summed E-state index contributed by atoms with van der Waals surface area (Å²) in [5.74, 6) is 0.142. The largest absolute Gasteiger partial charge is 0.496 e. The molecule has 2 amide bonds. The van der Waals surface area contributed by atoms with Gasteiger partial charge in [0, 0.05) is 11.3 Å². The van der Waals surface area contributed by atoms with Gasteiger partial charge in [-0.2, -0.15) is 0 Å². The number of rotatable bonds is 6. The third-order valence-electron chi connectivity index (χ3n) is 5.71. The van der Waals surface area contributed by atoms with Crippen molar-refractivity contribution in [3.63, 3.8) is 0 Å². The molecule has 6 nitrogen and oxygen atoms in total. The number of ether oxygens (including phenoxy) is 2. The fraction of sp³-hybridized carbons (Fsp3) is 0.231. The van der Waals surface area contributed by atoms with Crippen molar-refractivity contribution in [1.82, 2.24) is 10.2 Å². The summed E-state index contributed by atoms with van der Waals surface area (Å²) < 4.78 is 11.1. The summed E-state index contributed by atoms with van der Waals surface area (Å²) in [5.41, 5.74) is 2.67. The molecule has 0 fully saturated rings. The lowest BCUT2D eigenvalue weighted by Crippen LogP contribution is -2.47. The molecule has 0 spiro atoms. The van der Waals surface area contributed by atoms with Crippen molar-refractivity contribution < 1.29 is 19.1 Å². The lowest BCUT2D eigenvalue weighted by molar-refractivity contribution is -0.139. The quantitative estimate of drug-likeness (QED) is 0.562. The van der Waals surface area contributed by atoms with Gasteiger partial charge in [-0.05, 0) is 36.2 Å². The van der Waals surface area contributed by atoms with E-state index < -0.39 is 12.0 Å². The predicted molar refractivity (Wildman–Crippen MR) is 123 cm³/mol. The summed E-state index contributed by atoms with van der Waals surface area (Å²) >= 11 is 0. The van der Waals surface area contributed by atoms with Crippen molar-refractivity contribution in [3.8, 4) is 5.75 Å². The molecule has 6 heteroatoms. The first-order valence-corrected chi connectivity index (χ1v) is 10.6. The van der Waals surface area contributed by atoms with Gasteiger partial charge >= 0.3 is 12.0 Å². The maximum Gasteiger partial charge on any atom is 0.338 e. The van der Waals surface area contributed by atoms with Crippen LogP contribution in [0.4, 0.5) is 4.79 Å². The SMILES string of the molecule is CCOC(=O)C1=C(C)N(Cc2ccccc2)C(=O)NC1c1c(OC)ccc2ccccc12. The minimum atomic E-state index is -0.699. The second-order valence-electron chi connectivity index (χ2n) is 7.58. The van der Waals surface area contributed by atoms with Crippen LogP contribution in [0.1, 0.15) is 31.0 Å². The Labute approximate surface area is 187 Å². The zero-order chi connectivity index (χ0) is 22.7. The first-order valence-electron chi connectivity index (χ1n) is 10.6. The Morgan fingerprint density at radius 1 is 1.03 bits per heavy atom. The van der Waals surface area contributed by atoms with E-state index >= 15 is 0 Å². The molecular formula is C26H26N2O4. The molecule has 1 N–H and O–H groups in total. The Kier molecular flexibility index (Phi) is 6.12. The lowest BCUT2D eigenvalue weighted by atomic mass is 9.90. The maximum atomic E-state index is 13.2. The monoisotopic (exact) mass is 430 g/mol. The highest BCUT2D eigenvalue weighted by Gasteiger charge is 2.38. The lowest BCUT2D eigenvalue weighted by Gasteiger charge is -2.36. The summed E-state index contributed by atoms with van der Waals surface area (Å²) in [6.45, 7) is 4.14. The molecule has 0 saturated heterocycles. The molecule has 0 radical (unpaired) electrons. The highest BCUT2D eigenvalue weighted by molar-refractivity contribution is 5.98. The van der Waals surface area contributed by atoms with Crippen molar-refractivity contribution in [2.75, 3.05) is 13.7 Å². The van der Waals surface area contributed by atoms with Crippen LogP contribution in [0.5, 0.6) is 5.75 Å². The molecule has 1 unspecified atom stereocenters. The zero-order valence-electron chi connectivity index (χ0n) is 18.4. The Morgan fingerprint density at radius 2 is 1.75 bits per heavy atom. The molecule has 164 valence electrons. The summed E-state index contributed by atoms with van der Waals surface area (Å²) in [4.78, 5) is 28.0. The Bertz CT molecular complexity index is 1190. The summed E-state index contributed by atoms with van der Waals surface area (Å²) in [6, 6.07) is 20.4. The highest BCUT2D eigenvalue weighted by atomic mass is 16.5. The van der Waals surface area contributed by atoms with Gasteiger partial charge in [-0.3, -0.25) is 4.90 Å². The topological polar surface area (TPSA) is 67.9 Å². The molecule has 0 saturated carbocycles. The van der Waals surface area contributed by atoms with Gasteiger partial charge in [-0.15, -0.1) is 0 Å². The molecule has 1 heterocycles. The van der Waals surface area contributed by atoms with Crippen molar-refractivity contribution >= 4 is 22.8 Å². The van der Waals surface area contributed by atoms with Gasteiger partial charge in [0.15, 0.2) is 0 Å². The van der Waals surface area contributed by atoms with Gasteiger partial charge in [-0.25, -0.2) is 9.59 Å². The van der Waals surface area contributed by atoms with E-state index in [0.717, 1.165) is 21.9 Å². The number of allylic oxidation sites excluding steroid dienone is 1. The van der Waals surface area contributed by atoms with E-state index in [-0.39, 0.29) is 12.6 Å². The first-order chi connectivity index (χ1) is 15.5. The Hall–Kier alpha value is -3.80. The van der Waals surface area contributed by atoms with E-state index in [1.165, 1.54) is 0 Å². The van der Waals surface area contributed by atoms with Crippen LogP contribution in [-0.4, -0.2) is 30.6 Å². The number of amides is 2. The third kappa shape index (κ3) is 3.91. The van der Waals surface area contributed by atoms with Crippen LogP contribution in [0.15, 0.2) is 78.0 Å². The van der Waals surface area contributed by atoms with Gasteiger partial charge in [0.25, 0.3) is 0 Å². The number of esters is 1. The molecule has 0 aliphatic carbocycles. The smallest absolute Gasteiger partial charge is 0.338 e. The third-order valence-corrected chi connectivity index (χ3v) is 5.71. The molecule has 4 rings (SSSR count). The number of benzene rings is 3. The van der Waals surface area contributed by atoms with E-state index in [1.807, 2.05) is 66.7 Å². The van der Waals surface area contributed by atoms with E-state index in [4.69, 9.17) is 9.47 Å². The molecule has 3 aromatic carbocycles. The molecule has 32 heavy (non-hydrogen) atoms. The van der Waals surface area contributed by atoms with Crippen LogP contribution in [0.3, 0.4) is 0 Å². The molecule has 3 aromatic rings. The number of hydrogen-bond acceptors (Lipinski definition) is 4. The van der Waals surface area contributed by atoms with Crippen LogP contribution < -0.4 is 10.1 Å². The van der Waals surface area contributed by atoms with Crippen molar-refractivity contribution in [2.45, 2.75) is 26.4 Å². The van der Waals surface area contributed by atoms with E-state index in [1.54, 1.807) is 25.9 Å². The normalized spacial score (nSPS) is 16.2. The molecule has 1 aliphatic rings. The Morgan fingerprint density at radius 3 is 2.47 bits per heavy atom. The molecular weight excluding hydrogens is 404 g/mol. The Balaban J connectivity index is 1.88. The number of methoxy groups -OCH3 is 1. The number of nitrogens with one attached hydrogen (secondary N) is 1.